The summed E-state index contributed by atoms with van der Waals surface area (Å²) in [6.07, 6.45) is -0.976. The molecule has 0 aromatic carbocycles. The molecule has 180 valence electrons. The van der Waals surface area contributed by atoms with E-state index in [0.717, 1.165) is 0 Å². The summed E-state index contributed by atoms with van der Waals surface area (Å²) < 4.78 is 25.2. The lowest BCUT2D eigenvalue weighted by Crippen LogP contribution is -2.34. The Labute approximate surface area is 190 Å². The van der Waals surface area contributed by atoms with Gasteiger partial charge in [-0.1, -0.05) is 27.7 Å². The fourth-order valence-corrected chi connectivity index (χ4v) is 3.78. The van der Waals surface area contributed by atoms with Gasteiger partial charge in [0.05, 0.1) is 12.2 Å². The van der Waals surface area contributed by atoms with Gasteiger partial charge >= 0.3 is 5.97 Å². The molecule has 33 heavy (non-hydrogen) atoms. The summed E-state index contributed by atoms with van der Waals surface area (Å²) in [4.78, 5) is 47.7. The number of carbonyl (C=O) groups is 2. The highest BCUT2D eigenvalue weighted by atomic mass is 16.8. The van der Waals surface area contributed by atoms with Crippen LogP contribution in [-0.2, 0) is 28.5 Å². The number of carbonyl (C=O) groups excluding carboxylic acids is 2. The summed E-state index contributed by atoms with van der Waals surface area (Å²) in [5.74, 6) is -2.08. The van der Waals surface area contributed by atoms with Crippen LogP contribution in [0, 0.1) is 11.8 Å². The molecule has 0 radical (unpaired) electrons. The predicted molar refractivity (Wildman–Crippen MR) is 115 cm³/mol. The third kappa shape index (κ3) is 4.50. The van der Waals surface area contributed by atoms with Crippen molar-refractivity contribution in [1.29, 1.82) is 0 Å². The average Bonchev–Trinajstić information content (AvgIpc) is 3.37. The van der Waals surface area contributed by atoms with Crippen molar-refractivity contribution >= 4 is 29.0 Å². The zero-order chi connectivity index (χ0) is 24.1. The van der Waals surface area contributed by atoms with E-state index in [1.807, 2.05) is 0 Å². The smallest absolute Gasteiger partial charge is 0.308 e. The van der Waals surface area contributed by atoms with Crippen LogP contribution in [0.4, 0.5) is 5.95 Å². The molecule has 2 aromatic heterocycles. The van der Waals surface area contributed by atoms with Crippen LogP contribution in [0.5, 0.6) is 0 Å². The zero-order valence-electron chi connectivity index (χ0n) is 19.4. The number of rotatable bonds is 6. The number of aromatic amines is 1. The van der Waals surface area contributed by atoms with E-state index in [-0.39, 0.29) is 47.4 Å². The van der Waals surface area contributed by atoms with Gasteiger partial charge in [0.15, 0.2) is 23.2 Å². The molecular formula is C21H29N5O7. The molecule has 0 aliphatic carbocycles. The second-order valence-corrected chi connectivity index (χ2v) is 9.30. The maximum absolute atomic E-state index is 12.5. The molecule has 4 atom stereocenters. The maximum atomic E-state index is 12.5. The third-order valence-corrected chi connectivity index (χ3v) is 5.46. The second-order valence-electron chi connectivity index (χ2n) is 9.30. The fraction of sp³-hybridized carbons (Fsp3) is 0.667. The van der Waals surface area contributed by atoms with Gasteiger partial charge in [-0.3, -0.25) is 29.3 Å². The number of hydrogen-bond donors (Lipinski definition) is 2. The van der Waals surface area contributed by atoms with E-state index in [9.17, 15) is 14.4 Å². The van der Waals surface area contributed by atoms with Crippen molar-refractivity contribution in [3.8, 4) is 0 Å². The largest absolute Gasteiger partial charge is 0.463 e. The molecule has 2 aliphatic rings. The first-order valence-corrected chi connectivity index (χ1v) is 10.9. The Morgan fingerprint density at radius 3 is 2.58 bits per heavy atom. The number of nitrogens with one attached hydrogen (secondary N) is 2. The number of amides is 1. The Hall–Kier alpha value is -2.83. The van der Waals surface area contributed by atoms with E-state index < -0.39 is 35.9 Å². The Morgan fingerprint density at radius 2 is 1.91 bits per heavy atom. The Balaban J connectivity index is 1.66. The van der Waals surface area contributed by atoms with Crippen molar-refractivity contribution in [3.05, 3.63) is 16.7 Å². The van der Waals surface area contributed by atoms with Crippen LogP contribution < -0.4 is 10.9 Å². The van der Waals surface area contributed by atoms with Gasteiger partial charge in [-0.25, -0.2) is 4.98 Å². The minimum atomic E-state index is -0.880. The maximum Gasteiger partial charge on any atom is 0.308 e. The molecule has 4 heterocycles. The van der Waals surface area contributed by atoms with Crippen LogP contribution in [0.2, 0.25) is 0 Å². The van der Waals surface area contributed by atoms with Crippen LogP contribution in [0.15, 0.2) is 11.1 Å². The van der Waals surface area contributed by atoms with Crippen molar-refractivity contribution in [2.75, 3.05) is 11.9 Å². The normalized spacial score (nSPS) is 26.2. The van der Waals surface area contributed by atoms with Gasteiger partial charge in [-0.15, -0.1) is 0 Å². The minimum Gasteiger partial charge on any atom is -0.463 e. The molecular weight excluding hydrogens is 434 g/mol. The lowest BCUT2D eigenvalue weighted by molar-refractivity contribution is -0.202. The van der Waals surface area contributed by atoms with Crippen molar-refractivity contribution in [2.45, 2.75) is 71.9 Å². The Morgan fingerprint density at radius 1 is 1.21 bits per heavy atom. The van der Waals surface area contributed by atoms with Crippen LogP contribution in [-0.4, -0.2) is 62.1 Å². The van der Waals surface area contributed by atoms with Gasteiger partial charge in [0.2, 0.25) is 11.9 Å². The van der Waals surface area contributed by atoms with Crippen molar-refractivity contribution in [3.63, 3.8) is 0 Å². The summed E-state index contributed by atoms with van der Waals surface area (Å²) in [6.45, 7) is 10.5. The van der Waals surface area contributed by atoms with Gasteiger partial charge in [0.1, 0.15) is 24.9 Å². The number of fused-ring (bicyclic) bond motifs is 2. The van der Waals surface area contributed by atoms with Crippen LogP contribution >= 0.6 is 0 Å². The predicted octanol–water partition coefficient (Wildman–Crippen LogP) is 1.33. The monoisotopic (exact) mass is 463 g/mol. The number of aromatic nitrogens is 4. The summed E-state index contributed by atoms with van der Waals surface area (Å²) in [7, 11) is 0. The van der Waals surface area contributed by atoms with Gasteiger partial charge in [0.25, 0.3) is 5.56 Å². The number of imidazole rings is 1. The fourth-order valence-electron chi connectivity index (χ4n) is 3.78. The molecule has 12 nitrogen and oxygen atoms in total. The van der Waals surface area contributed by atoms with Gasteiger partial charge in [0, 0.05) is 5.92 Å². The highest BCUT2D eigenvalue weighted by Gasteiger charge is 2.56. The standard InChI is InChI=1S/C21H29N5O7/c1-9(2)16(27)24-20-23-15-12(17(28)25-20)22-8-26(15)18-14-13(32-21(5,6)33-14)11(31-18)7-30-19(29)10(3)4/h8-11,13-14,18H,7H2,1-6H3,(H2,23,24,25,27,28)/t11-,13?,14?,18-/m1/s1. The quantitative estimate of drug-likeness (QED) is 0.606. The van der Waals surface area contributed by atoms with E-state index in [4.69, 9.17) is 18.9 Å². The topological polar surface area (TPSA) is 147 Å². The first kappa shape index (κ1) is 23.3. The SMILES string of the molecule is CC(C)C(=O)Nc1nc2c(ncn2[C@@H]2O[C@H](COC(=O)C(C)C)C3OC(C)(C)OC32)c(=O)[nH]1. The number of nitrogens with zero attached hydrogens (tertiary/aromatic N) is 3. The summed E-state index contributed by atoms with van der Waals surface area (Å²) in [6, 6.07) is 0. The zero-order valence-corrected chi connectivity index (χ0v) is 19.4. The summed E-state index contributed by atoms with van der Waals surface area (Å²) in [5.41, 5.74) is -0.195. The van der Waals surface area contributed by atoms with Gasteiger partial charge in [-0.05, 0) is 13.8 Å². The molecule has 0 saturated carbocycles. The molecule has 0 bridgehead atoms. The van der Waals surface area contributed by atoms with E-state index in [0.29, 0.717) is 0 Å². The highest BCUT2D eigenvalue weighted by molar-refractivity contribution is 5.91. The minimum absolute atomic E-state index is 0.00818. The lowest BCUT2D eigenvalue weighted by atomic mass is 10.1. The third-order valence-electron chi connectivity index (χ3n) is 5.46. The van der Waals surface area contributed by atoms with Crippen LogP contribution in [0.1, 0.15) is 47.8 Å². The van der Waals surface area contributed by atoms with Crippen LogP contribution in [0.25, 0.3) is 11.2 Å². The average molecular weight is 463 g/mol. The second kappa shape index (κ2) is 8.50. The van der Waals surface area contributed by atoms with Crippen molar-refractivity contribution < 1.29 is 28.5 Å². The molecule has 4 rings (SSSR count). The molecule has 2 fully saturated rings. The molecule has 2 N–H and O–H groups in total. The number of esters is 1. The van der Waals surface area contributed by atoms with Crippen LogP contribution in [0.3, 0.4) is 0 Å². The first-order valence-electron chi connectivity index (χ1n) is 10.9. The molecule has 2 unspecified atom stereocenters. The summed E-state index contributed by atoms with van der Waals surface area (Å²) >= 11 is 0. The molecule has 2 aliphatic heterocycles. The van der Waals surface area contributed by atoms with E-state index in [1.165, 1.54) is 6.33 Å². The lowest BCUT2D eigenvalue weighted by Gasteiger charge is -2.24. The number of anilines is 1. The molecule has 2 saturated heterocycles. The number of hydrogen-bond acceptors (Lipinski definition) is 9. The molecule has 1 amide bonds. The first-order chi connectivity index (χ1) is 15.5. The van der Waals surface area contributed by atoms with E-state index in [2.05, 4.69) is 20.3 Å². The van der Waals surface area contributed by atoms with Gasteiger partial charge < -0.3 is 18.9 Å². The van der Waals surface area contributed by atoms with Crippen molar-refractivity contribution in [1.82, 2.24) is 19.5 Å². The molecule has 12 heteroatoms. The number of H-pyrrole nitrogens is 1. The molecule has 2 aromatic rings. The van der Waals surface area contributed by atoms with E-state index in [1.54, 1.807) is 46.1 Å². The Kier molecular flexibility index (Phi) is 6.01. The summed E-state index contributed by atoms with van der Waals surface area (Å²) in [5, 5.41) is 2.59. The highest BCUT2D eigenvalue weighted by Crippen LogP contribution is 2.43. The van der Waals surface area contributed by atoms with Crippen molar-refractivity contribution in [2.24, 2.45) is 11.8 Å². The molecule has 0 spiro atoms. The van der Waals surface area contributed by atoms with E-state index >= 15 is 0 Å². The van der Waals surface area contributed by atoms with Gasteiger partial charge in [-0.2, -0.15) is 4.98 Å². The Bertz CT molecular complexity index is 1120. The number of ether oxygens (including phenoxy) is 4.